The molecular weight excluding hydrogens is 338 g/mol. The fraction of sp³-hybridized carbons (Fsp3) is 0.263. The minimum atomic E-state index is 0.0498. The molecule has 1 N–H and O–H groups in total. The number of nitrogens with one attached hydrogen (secondary N) is 1. The number of hydrogen-bond acceptors (Lipinski definition) is 3. The van der Waals surface area contributed by atoms with E-state index in [0.717, 1.165) is 37.2 Å². The minimum absolute atomic E-state index is 0.0498. The molecule has 0 unspecified atom stereocenters. The highest BCUT2D eigenvalue weighted by Crippen LogP contribution is 2.36. The third-order valence-corrected chi connectivity index (χ3v) is 4.62. The number of rotatable bonds is 2. The molecule has 4 rings (SSSR count). The second-order valence-electron chi connectivity index (χ2n) is 6.12. The van der Waals surface area contributed by atoms with Gasteiger partial charge in [-0.05, 0) is 43.2 Å². The number of nitrogens with zero attached hydrogens (tertiary/aromatic N) is 2. The molecular formula is C19H18ClN3O2. The Hall–Kier alpha value is -2.53. The van der Waals surface area contributed by atoms with Gasteiger partial charge in [-0.3, -0.25) is 9.79 Å². The van der Waals surface area contributed by atoms with Gasteiger partial charge in [0.1, 0.15) is 18.1 Å². The van der Waals surface area contributed by atoms with Crippen LogP contribution in [0.3, 0.4) is 0 Å². The van der Waals surface area contributed by atoms with Gasteiger partial charge in [0.05, 0.1) is 11.3 Å². The van der Waals surface area contributed by atoms with Crippen LogP contribution in [0.5, 0.6) is 11.5 Å². The normalized spacial score (nSPS) is 17.3. The van der Waals surface area contributed by atoms with Crippen molar-refractivity contribution in [2.24, 2.45) is 4.99 Å². The number of hydrogen-bond donors (Lipinski definition) is 1. The molecule has 0 bridgehead atoms. The Morgan fingerprint density at radius 3 is 2.80 bits per heavy atom. The predicted octanol–water partition coefficient (Wildman–Crippen LogP) is 3.93. The van der Waals surface area contributed by atoms with Gasteiger partial charge in [0.15, 0.2) is 5.75 Å². The van der Waals surface area contributed by atoms with E-state index in [4.69, 9.17) is 16.3 Å². The Morgan fingerprint density at radius 1 is 1.16 bits per heavy atom. The lowest BCUT2D eigenvalue weighted by Crippen LogP contribution is -2.30. The van der Waals surface area contributed by atoms with Crippen LogP contribution in [-0.4, -0.2) is 36.3 Å². The summed E-state index contributed by atoms with van der Waals surface area (Å²) in [6.45, 7) is 1.76. The zero-order chi connectivity index (χ0) is 17.2. The monoisotopic (exact) mass is 355 g/mol. The smallest absolute Gasteiger partial charge is 0.244 e. The summed E-state index contributed by atoms with van der Waals surface area (Å²) in [4.78, 5) is 18.7. The van der Waals surface area contributed by atoms with Gasteiger partial charge in [-0.25, -0.2) is 0 Å². The van der Waals surface area contributed by atoms with E-state index < -0.39 is 0 Å². The van der Waals surface area contributed by atoms with Crippen molar-refractivity contribution < 1.29 is 9.53 Å². The summed E-state index contributed by atoms with van der Waals surface area (Å²) in [5, 5.41) is 3.88. The first kappa shape index (κ1) is 16.0. The van der Waals surface area contributed by atoms with Crippen molar-refractivity contribution in [3.8, 4) is 11.5 Å². The number of carbonyl (C=O) groups is 1. The Bertz CT molecular complexity index is 844. The molecule has 1 fully saturated rings. The lowest BCUT2D eigenvalue weighted by atomic mass is 10.2. The molecule has 6 heteroatoms. The lowest BCUT2D eigenvalue weighted by molar-refractivity contribution is -0.128. The fourth-order valence-electron chi connectivity index (χ4n) is 3.09. The number of ether oxygens (including phenoxy) is 1. The van der Waals surface area contributed by atoms with E-state index in [9.17, 15) is 4.79 Å². The third-order valence-electron chi connectivity index (χ3n) is 4.39. The Balaban J connectivity index is 1.68. The molecule has 1 saturated heterocycles. The van der Waals surface area contributed by atoms with E-state index in [1.54, 1.807) is 12.1 Å². The number of benzene rings is 2. The van der Waals surface area contributed by atoms with Gasteiger partial charge in [-0.15, -0.1) is 0 Å². The summed E-state index contributed by atoms with van der Waals surface area (Å²) in [6.07, 6.45) is 2.14. The molecule has 25 heavy (non-hydrogen) atoms. The number of carbonyl (C=O) groups excluding carboxylic acids is 1. The average molecular weight is 356 g/mol. The van der Waals surface area contributed by atoms with Crippen LogP contribution in [0.25, 0.3) is 0 Å². The largest absolute Gasteiger partial charge is 0.454 e. The van der Waals surface area contributed by atoms with Crippen LogP contribution < -0.4 is 10.1 Å². The maximum Gasteiger partial charge on any atom is 0.244 e. The van der Waals surface area contributed by atoms with E-state index in [0.29, 0.717) is 22.4 Å². The number of amides is 1. The Labute approximate surface area is 151 Å². The molecule has 1 amide bonds. The van der Waals surface area contributed by atoms with Crippen LogP contribution in [0, 0.1) is 0 Å². The third kappa shape index (κ3) is 3.33. The molecule has 2 aliphatic rings. The molecule has 0 aliphatic carbocycles. The number of para-hydroxylation sites is 2. The number of halogens is 1. The highest BCUT2D eigenvalue weighted by molar-refractivity contribution is 6.31. The maximum absolute atomic E-state index is 12.3. The van der Waals surface area contributed by atoms with E-state index >= 15 is 0 Å². The molecule has 2 heterocycles. The zero-order valence-corrected chi connectivity index (χ0v) is 14.4. The van der Waals surface area contributed by atoms with Gasteiger partial charge in [-0.1, -0.05) is 23.7 Å². The van der Waals surface area contributed by atoms with Crippen molar-refractivity contribution in [2.45, 2.75) is 12.8 Å². The lowest BCUT2D eigenvalue weighted by Gasteiger charge is -2.14. The van der Waals surface area contributed by atoms with E-state index in [-0.39, 0.29) is 12.5 Å². The second-order valence-corrected chi connectivity index (χ2v) is 6.55. The highest BCUT2D eigenvalue weighted by Gasteiger charge is 2.21. The molecule has 2 aromatic rings. The zero-order valence-electron chi connectivity index (χ0n) is 13.7. The summed E-state index contributed by atoms with van der Waals surface area (Å²) >= 11 is 6.16. The average Bonchev–Trinajstić information content (AvgIpc) is 3.11. The first-order valence-electron chi connectivity index (χ1n) is 8.37. The van der Waals surface area contributed by atoms with Crippen LogP contribution in [0.1, 0.15) is 18.4 Å². The second kappa shape index (κ2) is 6.76. The van der Waals surface area contributed by atoms with Crippen molar-refractivity contribution in [3.63, 3.8) is 0 Å². The van der Waals surface area contributed by atoms with Crippen molar-refractivity contribution in [1.82, 2.24) is 4.90 Å². The number of amidine groups is 1. The molecule has 0 saturated carbocycles. The molecule has 0 radical (unpaired) electrons. The number of fused-ring (bicyclic) bond motifs is 2. The molecule has 0 spiro atoms. The topological polar surface area (TPSA) is 53.9 Å². The summed E-state index contributed by atoms with van der Waals surface area (Å²) in [5.74, 6) is 2.01. The van der Waals surface area contributed by atoms with Crippen LogP contribution in [-0.2, 0) is 4.79 Å². The molecule has 2 aliphatic heterocycles. The van der Waals surface area contributed by atoms with Gasteiger partial charge < -0.3 is 15.0 Å². The summed E-state index contributed by atoms with van der Waals surface area (Å²) in [5.41, 5.74) is 1.56. The summed E-state index contributed by atoms with van der Waals surface area (Å²) in [6, 6.07) is 13.0. The van der Waals surface area contributed by atoms with Gasteiger partial charge >= 0.3 is 0 Å². The summed E-state index contributed by atoms with van der Waals surface area (Å²) in [7, 11) is 0. The van der Waals surface area contributed by atoms with E-state index in [1.165, 1.54) is 0 Å². The molecule has 128 valence electrons. The highest BCUT2D eigenvalue weighted by atomic mass is 35.5. The Kier molecular flexibility index (Phi) is 4.32. The van der Waals surface area contributed by atoms with Gasteiger partial charge in [-0.2, -0.15) is 0 Å². The number of aliphatic imine (C=N–C) groups is 1. The molecule has 2 aromatic carbocycles. The standard InChI is InChI=1S/C19H18ClN3O2/c20-13-7-8-16-14(11-13)19(21-12-18(24)23-9-3-4-10-23)22-15-5-1-2-6-17(15)25-16/h1-2,5-8,11H,3-4,9-10,12H2,(H,21,22). The van der Waals surface area contributed by atoms with Gasteiger partial charge in [0, 0.05) is 18.1 Å². The van der Waals surface area contributed by atoms with Crippen LogP contribution >= 0.6 is 11.6 Å². The van der Waals surface area contributed by atoms with Crippen molar-refractivity contribution in [3.05, 3.63) is 53.1 Å². The molecule has 0 atom stereocenters. The van der Waals surface area contributed by atoms with E-state index in [2.05, 4.69) is 10.3 Å². The van der Waals surface area contributed by atoms with Crippen LogP contribution in [0.4, 0.5) is 5.69 Å². The fourth-order valence-corrected chi connectivity index (χ4v) is 3.26. The van der Waals surface area contributed by atoms with Crippen molar-refractivity contribution in [1.29, 1.82) is 0 Å². The SMILES string of the molecule is O=C(CN=C1Nc2ccccc2Oc2ccc(Cl)cc21)N1CCCC1. The molecule has 0 aromatic heterocycles. The maximum atomic E-state index is 12.3. The van der Waals surface area contributed by atoms with E-state index in [1.807, 2.05) is 35.2 Å². The minimum Gasteiger partial charge on any atom is -0.454 e. The van der Waals surface area contributed by atoms with Crippen LogP contribution in [0.2, 0.25) is 5.02 Å². The first-order chi connectivity index (χ1) is 12.2. The summed E-state index contributed by atoms with van der Waals surface area (Å²) < 4.78 is 6.00. The van der Waals surface area contributed by atoms with Crippen molar-refractivity contribution >= 4 is 29.0 Å². The first-order valence-corrected chi connectivity index (χ1v) is 8.74. The molecule has 5 nitrogen and oxygen atoms in total. The number of anilines is 1. The van der Waals surface area contributed by atoms with Gasteiger partial charge in [0.2, 0.25) is 5.91 Å². The van der Waals surface area contributed by atoms with Crippen molar-refractivity contribution in [2.75, 3.05) is 25.0 Å². The van der Waals surface area contributed by atoms with Gasteiger partial charge in [0.25, 0.3) is 0 Å². The predicted molar refractivity (Wildman–Crippen MR) is 98.8 cm³/mol. The Morgan fingerprint density at radius 2 is 1.96 bits per heavy atom. The van der Waals surface area contributed by atoms with Crippen LogP contribution in [0.15, 0.2) is 47.5 Å². The number of likely N-dealkylation sites (tertiary alicyclic amines) is 1. The quantitative estimate of drug-likeness (QED) is 0.888.